The van der Waals surface area contributed by atoms with Crippen LogP contribution in [0.1, 0.15) is 10.4 Å². The highest BCUT2D eigenvalue weighted by atomic mass is 32.1. The van der Waals surface area contributed by atoms with Crippen molar-refractivity contribution in [1.29, 1.82) is 0 Å². The van der Waals surface area contributed by atoms with E-state index in [4.69, 9.17) is 5.73 Å². The number of benzene rings is 1. The third kappa shape index (κ3) is 2.97. The van der Waals surface area contributed by atoms with E-state index in [0.717, 1.165) is 16.1 Å². The number of likely N-dealkylation sites (N-methyl/N-ethyl adjacent to an activating group) is 1. The quantitative estimate of drug-likeness (QED) is 0.917. The summed E-state index contributed by atoms with van der Waals surface area (Å²) in [5.41, 5.74) is 7.51. The average molecular weight is 260 g/mol. The number of carbonyl (C=O) groups is 1. The van der Waals surface area contributed by atoms with Gasteiger partial charge >= 0.3 is 0 Å². The van der Waals surface area contributed by atoms with Gasteiger partial charge < -0.3 is 10.6 Å². The molecule has 0 aliphatic rings. The van der Waals surface area contributed by atoms with Gasteiger partial charge in [-0.25, -0.2) is 0 Å². The second kappa shape index (κ2) is 5.80. The number of rotatable bonds is 4. The van der Waals surface area contributed by atoms with Gasteiger partial charge in [-0.15, -0.1) is 11.3 Å². The zero-order chi connectivity index (χ0) is 13.0. The summed E-state index contributed by atoms with van der Waals surface area (Å²) < 4.78 is 0. The van der Waals surface area contributed by atoms with Crippen molar-refractivity contribution < 1.29 is 4.79 Å². The fourth-order valence-electron chi connectivity index (χ4n) is 1.68. The Kier molecular flexibility index (Phi) is 4.12. The first-order valence-corrected chi connectivity index (χ1v) is 6.66. The molecule has 1 amide bonds. The molecular formula is C14H16N2OS. The molecular weight excluding hydrogens is 244 g/mol. The van der Waals surface area contributed by atoms with Crippen LogP contribution >= 0.6 is 11.3 Å². The largest absolute Gasteiger partial charge is 0.326 e. The van der Waals surface area contributed by atoms with E-state index in [1.807, 2.05) is 41.8 Å². The SMILES string of the molecule is CN(C(=O)Cc1cccs1)c1ccc(CN)cc1. The van der Waals surface area contributed by atoms with Gasteiger partial charge in [0, 0.05) is 24.2 Å². The molecule has 0 aliphatic heterocycles. The molecule has 0 radical (unpaired) electrons. The number of anilines is 1. The molecule has 2 aromatic rings. The van der Waals surface area contributed by atoms with Crippen LogP contribution < -0.4 is 10.6 Å². The molecule has 1 aromatic carbocycles. The Morgan fingerprint density at radius 2 is 2.00 bits per heavy atom. The Morgan fingerprint density at radius 3 is 2.56 bits per heavy atom. The van der Waals surface area contributed by atoms with Gasteiger partial charge in [-0.1, -0.05) is 18.2 Å². The third-order valence-electron chi connectivity index (χ3n) is 2.84. The van der Waals surface area contributed by atoms with Crippen molar-refractivity contribution in [3.05, 3.63) is 52.2 Å². The van der Waals surface area contributed by atoms with Crippen molar-refractivity contribution in [3.8, 4) is 0 Å². The minimum absolute atomic E-state index is 0.0953. The Morgan fingerprint density at radius 1 is 1.28 bits per heavy atom. The van der Waals surface area contributed by atoms with Crippen molar-refractivity contribution in [2.75, 3.05) is 11.9 Å². The summed E-state index contributed by atoms with van der Waals surface area (Å²) in [6, 6.07) is 11.7. The Labute approximate surface area is 111 Å². The number of hydrogen-bond acceptors (Lipinski definition) is 3. The van der Waals surface area contributed by atoms with Crippen LogP contribution in [0.25, 0.3) is 0 Å². The first kappa shape index (κ1) is 12.8. The molecule has 4 heteroatoms. The molecule has 0 fully saturated rings. The maximum Gasteiger partial charge on any atom is 0.231 e. The topological polar surface area (TPSA) is 46.3 Å². The molecule has 2 rings (SSSR count). The van der Waals surface area contributed by atoms with Crippen LogP contribution in [0.4, 0.5) is 5.69 Å². The summed E-state index contributed by atoms with van der Waals surface area (Å²) in [6.45, 7) is 0.521. The average Bonchev–Trinajstić information content (AvgIpc) is 2.91. The van der Waals surface area contributed by atoms with Crippen molar-refractivity contribution in [2.24, 2.45) is 5.73 Å². The molecule has 1 heterocycles. The minimum Gasteiger partial charge on any atom is -0.326 e. The highest BCUT2D eigenvalue weighted by Crippen LogP contribution is 2.16. The molecule has 18 heavy (non-hydrogen) atoms. The van der Waals surface area contributed by atoms with E-state index in [9.17, 15) is 4.79 Å². The van der Waals surface area contributed by atoms with Crippen LogP contribution in [0.3, 0.4) is 0 Å². The van der Waals surface area contributed by atoms with Crippen LogP contribution in [0.15, 0.2) is 41.8 Å². The number of nitrogens with two attached hydrogens (primary N) is 1. The van der Waals surface area contributed by atoms with E-state index in [-0.39, 0.29) is 5.91 Å². The van der Waals surface area contributed by atoms with Gasteiger partial charge in [-0.3, -0.25) is 4.79 Å². The number of hydrogen-bond donors (Lipinski definition) is 1. The fraction of sp³-hybridized carbons (Fsp3) is 0.214. The number of carbonyl (C=O) groups excluding carboxylic acids is 1. The zero-order valence-electron chi connectivity index (χ0n) is 10.3. The van der Waals surface area contributed by atoms with Gasteiger partial charge in [0.2, 0.25) is 5.91 Å². The molecule has 0 bridgehead atoms. The normalized spacial score (nSPS) is 10.3. The summed E-state index contributed by atoms with van der Waals surface area (Å²) in [6.07, 6.45) is 0.451. The molecule has 94 valence electrons. The Balaban J connectivity index is 2.05. The highest BCUT2D eigenvalue weighted by molar-refractivity contribution is 7.10. The third-order valence-corrected chi connectivity index (χ3v) is 3.72. The van der Waals surface area contributed by atoms with E-state index in [2.05, 4.69) is 0 Å². The molecule has 0 unspecified atom stereocenters. The summed E-state index contributed by atoms with van der Waals surface area (Å²) in [7, 11) is 1.80. The zero-order valence-corrected chi connectivity index (χ0v) is 11.1. The summed E-state index contributed by atoms with van der Waals surface area (Å²) >= 11 is 1.61. The van der Waals surface area contributed by atoms with E-state index in [0.29, 0.717) is 13.0 Å². The monoisotopic (exact) mass is 260 g/mol. The van der Waals surface area contributed by atoms with E-state index < -0.39 is 0 Å². The maximum atomic E-state index is 12.1. The van der Waals surface area contributed by atoms with Crippen LogP contribution in [-0.2, 0) is 17.8 Å². The van der Waals surface area contributed by atoms with Gasteiger partial charge in [0.05, 0.1) is 6.42 Å². The van der Waals surface area contributed by atoms with Crippen molar-refractivity contribution in [2.45, 2.75) is 13.0 Å². The number of nitrogens with zero attached hydrogens (tertiary/aromatic N) is 1. The van der Waals surface area contributed by atoms with Gasteiger partial charge in [-0.05, 0) is 29.1 Å². The summed E-state index contributed by atoms with van der Waals surface area (Å²) in [5.74, 6) is 0.0953. The standard InChI is InChI=1S/C14H16N2OS/c1-16(12-6-4-11(10-15)5-7-12)14(17)9-13-3-2-8-18-13/h2-8H,9-10,15H2,1H3. The lowest BCUT2D eigenvalue weighted by atomic mass is 10.2. The van der Waals surface area contributed by atoms with Crippen LogP contribution in [0.2, 0.25) is 0 Å². The lowest BCUT2D eigenvalue weighted by molar-refractivity contribution is -0.117. The molecule has 0 saturated heterocycles. The van der Waals surface area contributed by atoms with Crippen molar-refractivity contribution in [1.82, 2.24) is 0 Å². The predicted octanol–water partition coefficient (Wildman–Crippen LogP) is 2.41. The number of thiophene rings is 1. The van der Waals surface area contributed by atoms with Crippen LogP contribution in [0.5, 0.6) is 0 Å². The van der Waals surface area contributed by atoms with Gasteiger partial charge in [0.1, 0.15) is 0 Å². The minimum atomic E-state index is 0.0953. The molecule has 3 nitrogen and oxygen atoms in total. The molecule has 0 spiro atoms. The van der Waals surface area contributed by atoms with Crippen molar-refractivity contribution in [3.63, 3.8) is 0 Å². The molecule has 1 aromatic heterocycles. The van der Waals surface area contributed by atoms with E-state index in [1.54, 1.807) is 23.3 Å². The fourth-order valence-corrected chi connectivity index (χ4v) is 2.38. The summed E-state index contributed by atoms with van der Waals surface area (Å²) in [4.78, 5) is 14.8. The predicted molar refractivity (Wildman–Crippen MR) is 75.8 cm³/mol. The maximum absolute atomic E-state index is 12.1. The second-order valence-electron chi connectivity index (χ2n) is 4.08. The molecule has 0 atom stereocenters. The molecule has 0 saturated carbocycles. The summed E-state index contributed by atoms with van der Waals surface area (Å²) in [5, 5.41) is 1.98. The lowest BCUT2D eigenvalue weighted by Crippen LogP contribution is -2.27. The second-order valence-corrected chi connectivity index (χ2v) is 5.11. The van der Waals surface area contributed by atoms with Crippen molar-refractivity contribution >= 4 is 22.9 Å². The van der Waals surface area contributed by atoms with Gasteiger partial charge in [0.25, 0.3) is 0 Å². The smallest absolute Gasteiger partial charge is 0.231 e. The lowest BCUT2D eigenvalue weighted by Gasteiger charge is -2.17. The Hall–Kier alpha value is -1.65. The van der Waals surface area contributed by atoms with Gasteiger partial charge in [0.15, 0.2) is 0 Å². The molecule has 0 aliphatic carbocycles. The van der Waals surface area contributed by atoms with Crippen LogP contribution in [-0.4, -0.2) is 13.0 Å². The van der Waals surface area contributed by atoms with Gasteiger partial charge in [-0.2, -0.15) is 0 Å². The Bertz CT molecular complexity index is 505. The number of amides is 1. The molecule has 2 N–H and O–H groups in total. The first-order chi connectivity index (χ1) is 8.70. The van der Waals surface area contributed by atoms with E-state index in [1.165, 1.54) is 0 Å². The van der Waals surface area contributed by atoms with E-state index >= 15 is 0 Å². The highest BCUT2D eigenvalue weighted by Gasteiger charge is 2.11. The first-order valence-electron chi connectivity index (χ1n) is 5.78. The van der Waals surface area contributed by atoms with Crippen LogP contribution in [0, 0.1) is 0 Å².